The van der Waals surface area contributed by atoms with Crippen molar-refractivity contribution in [1.82, 2.24) is 9.80 Å². The minimum absolute atomic E-state index is 0.0997. The van der Waals surface area contributed by atoms with Gasteiger partial charge >= 0.3 is 12.0 Å². The number of hydrogen-bond donors (Lipinski definition) is 1. The second kappa shape index (κ2) is 7.97. The number of ether oxygens (including phenoxy) is 1. The van der Waals surface area contributed by atoms with Gasteiger partial charge in [0, 0.05) is 37.9 Å². The van der Waals surface area contributed by atoms with Crippen LogP contribution in [-0.4, -0.2) is 60.6 Å². The SMILES string of the molecule is CCOC(=O)c1ccc(NC(=O)N2CCN(C(C)C)CC2)cc1. The molecule has 0 radical (unpaired) electrons. The first-order valence-corrected chi connectivity index (χ1v) is 8.08. The van der Waals surface area contributed by atoms with Gasteiger partial charge in [0.05, 0.1) is 12.2 Å². The van der Waals surface area contributed by atoms with Crippen LogP contribution in [0.15, 0.2) is 24.3 Å². The van der Waals surface area contributed by atoms with Gasteiger partial charge in [-0.25, -0.2) is 9.59 Å². The van der Waals surface area contributed by atoms with Crippen LogP contribution in [-0.2, 0) is 4.74 Å². The summed E-state index contributed by atoms with van der Waals surface area (Å²) in [6.45, 7) is 9.70. The highest BCUT2D eigenvalue weighted by Gasteiger charge is 2.22. The summed E-state index contributed by atoms with van der Waals surface area (Å²) in [5.41, 5.74) is 1.16. The zero-order chi connectivity index (χ0) is 16.8. The fourth-order valence-corrected chi connectivity index (χ4v) is 2.55. The molecule has 1 aromatic carbocycles. The Bertz CT molecular complexity index is 535. The van der Waals surface area contributed by atoms with Crippen molar-refractivity contribution < 1.29 is 14.3 Å². The Labute approximate surface area is 137 Å². The first kappa shape index (κ1) is 17.3. The average molecular weight is 319 g/mol. The predicted octanol–water partition coefficient (Wildman–Crippen LogP) is 2.42. The second-order valence-electron chi connectivity index (χ2n) is 5.84. The van der Waals surface area contributed by atoms with E-state index in [2.05, 4.69) is 24.1 Å². The summed E-state index contributed by atoms with van der Waals surface area (Å²) in [7, 11) is 0. The van der Waals surface area contributed by atoms with E-state index in [0.29, 0.717) is 23.9 Å². The number of nitrogens with one attached hydrogen (secondary N) is 1. The number of piperazine rings is 1. The molecule has 1 aliphatic rings. The van der Waals surface area contributed by atoms with Gasteiger partial charge in [-0.3, -0.25) is 4.90 Å². The zero-order valence-electron chi connectivity index (χ0n) is 14.0. The Morgan fingerprint density at radius 3 is 2.26 bits per heavy atom. The summed E-state index contributed by atoms with van der Waals surface area (Å²) in [6, 6.07) is 7.16. The molecule has 6 heteroatoms. The molecule has 1 aromatic rings. The van der Waals surface area contributed by atoms with Crippen molar-refractivity contribution >= 4 is 17.7 Å². The lowest BCUT2D eigenvalue weighted by molar-refractivity contribution is 0.0526. The Hall–Kier alpha value is -2.08. The molecule has 0 aliphatic carbocycles. The molecule has 1 N–H and O–H groups in total. The van der Waals surface area contributed by atoms with Crippen molar-refractivity contribution in [2.45, 2.75) is 26.8 Å². The van der Waals surface area contributed by atoms with E-state index in [1.54, 1.807) is 31.2 Å². The molecule has 0 spiro atoms. The molecule has 0 unspecified atom stereocenters. The number of rotatable bonds is 4. The summed E-state index contributed by atoms with van der Waals surface area (Å²) in [5, 5.41) is 2.87. The average Bonchev–Trinajstić information content (AvgIpc) is 2.55. The van der Waals surface area contributed by atoms with E-state index in [1.165, 1.54) is 0 Å². The quantitative estimate of drug-likeness (QED) is 0.866. The number of hydrogen-bond acceptors (Lipinski definition) is 4. The highest BCUT2D eigenvalue weighted by Crippen LogP contribution is 2.13. The van der Waals surface area contributed by atoms with E-state index in [-0.39, 0.29) is 12.0 Å². The van der Waals surface area contributed by atoms with E-state index in [4.69, 9.17) is 4.74 Å². The van der Waals surface area contributed by atoms with Crippen LogP contribution >= 0.6 is 0 Å². The molecule has 2 rings (SSSR count). The van der Waals surface area contributed by atoms with Gasteiger partial charge < -0.3 is 15.0 Å². The molecule has 1 fully saturated rings. The van der Waals surface area contributed by atoms with Crippen molar-refractivity contribution in [3.63, 3.8) is 0 Å². The van der Waals surface area contributed by atoms with E-state index in [1.807, 2.05) is 4.90 Å². The molecule has 6 nitrogen and oxygen atoms in total. The largest absolute Gasteiger partial charge is 0.462 e. The lowest BCUT2D eigenvalue weighted by atomic mass is 10.2. The maximum atomic E-state index is 12.3. The number of carbonyl (C=O) groups is 2. The zero-order valence-corrected chi connectivity index (χ0v) is 14.0. The molecule has 0 saturated carbocycles. The van der Waals surface area contributed by atoms with Gasteiger partial charge in [0.1, 0.15) is 0 Å². The van der Waals surface area contributed by atoms with Crippen LogP contribution in [0, 0.1) is 0 Å². The van der Waals surface area contributed by atoms with E-state index >= 15 is 0 Å². The van der Waals surface area contributed by atoms with Crippen molar-refractivity contribution in [3.05, 3.63) is 29.8 Å². The van der Waals surface area contributed by atoms with Crippen LogP contribution in [0.4, 0.5) is 10.5 Å². The number of anilines is 1. The molecular weight excluding hydrogens is 294 g/mol. The van der Waals surface area contributed by atoms with Gasteiger partial charge in [-0.15, -0.1) is 0 Å². The van der Waals surface area contributed by atoms with Crippen LogP contribution in [0.5, 0.6) is 0 Å². The molecule has 0 aromatic heterocycles. The third kappa shape index (κ3) is 4.69. The van der Waals surface area contributed by atoms with Crippen LogP contribution < -0.4 is 5.32 Å². The Morgan fingerprint density at radius 2 is 1.74 bits per heavy atom. The molecule has 23 heavy (non-hydrogen) atoms. The Morgan fingerprint density at radius 1 is 1.13 bits per heavy atom. The molecule has 1 heterocycles. The standard InChI is InChI=1S/C17H25N3O3/c1-4-23-16(21)14-5-7-15(8-6-14)18-17(22)20-11-9-19(10-12-20)13(2)3/h5-8,13H,4,9-12H2,1-3H3,(H,18,22). The Balaban J connectivity index is 1.87. The summed E-state index contributed by atoms with van der Waals surface area (Å²) < 4.78 is 4.93. The number of amides is 2. The third-order valence-corrected chi connectivity index (χ3v) is 3.98. The number of benzene rings is 1. The Kier molecular flexibility index (Phi) is 5.98. The molecule has 2 amide bonds. The number of urea groups is 1. The minimum atomic E-state index is -0.352. The molecule has 0 atom stereocenters. The van der Waals surface area contributed by atoms with Crippen LogP contribution in [0.2, 0.25) is 0 Å². The van der Waals surface area contributed by atoms with Crippen LogP contribution in [0.25, 0.3) is 0 Å². The minimum Gasteiger partial charge on any atom is -0.462 e. The van der Waals surface area contributed by atoms with Gasteiger partial charge in [-0.1, -0.05) is 0 Å². The maximum absolute atomic E-state index is 12.3. The fraction of sp³-hybridized carbons (Fsp3) is 0.529. The summed E-state index contributed by atoms with van der Waals surface area (Å²) in [6.07, 6.45) is 0. The summed E-state index contributed by atoms with van der Waals surface area (Å²) in [5.74, 6) is -0.352. The van der Waals surface area contributed by atoms with Gasteiger partial charge in [-0.2, -0.15) is 0 Å². The van der Waals surface area contributed by atoms with E-state index in [9.17, 15) is 9.59 Å². The number of carbonyl (C=O) groups excluding carboxylic acids is 2. The van der Waals surface area contributed by atoms with E-state index < -0.39 is 0 Å². The second-order valence-corrected chi connectivity index (χ2v) is 5.84. The van der Waals surface area contributed by atoms with Crippen molar-refractivity contribution in [1.29, 1.82) is 0 Å². The summed E-state index contributed by atoms with van der Waals surface area (Å²) in [4.78, 5) is 28.0. The number of nitrogens with zero attached hydrogens (tertiary/aromatic N) is 2. The monoisotopic (exact) mass is 319 g/mol. The van der Waals surface area contributed by atoms with Crippen molar-refractivity contribution in [3.8, 4) is 0 Å². The van der Waals surface area contributed by atoms with Gasteiger partial charge in [0.15, 0.2) is 0 Å². The first-order valence-electron chi connectivity index (χ1n) is 8.08. The normalized spacial score (nSPS) is 15.6. The molecule has 1 aliphatic heterocycles. The summed E-state index contributed by atoms with van der Waals surface area (Å²) >= 11 is 0. The van der Waals surface area contributed by atoms with Gasteiger partial charge in [0.25, 0.3) is 0 Å². The molecule has 1 saturated heterocycles. The predicted molar refractivity (Wildman–Crippen MR) is 89.7 cm³/mol. The van der Waals surface area contributed by atoms with Crippen molar-refractivity contribution in [2.24, 2.45) is 0 Å². The fourth-order valence-electron chi connectivity index (χ4n) is 2.55. The van der Waals surface area contributed by atoms with Crippen LogP contribution in [0.1, 0.15) is 31.1 Å². The lowest BCUT2D eigenvalue weighted by Gasteiger charge is -2.36. The molecule has 126 valence electrons. The highest BCUT2D eigenvalue weighted by atomic mass is 16.5. The van der Waals surface area contributed by atoms with Crippen LogP contribution in [0.3, 0.4) is 0 Å². The first-order chi connectivity index (χ1) is 11.0. The maximum Gasteiger partial charge on any atom is 0.338 e. The lowest BCUT2D eigenvalue weighted by Crippen LogP contribution is -2.51. The van der Waals surface area contributed by atoms with Gasteiger partial charge in [0.2, 0.25) is 0 Å². The van der Waals surface area contributed by atoms with Gasteiger partial charge in [-0.05, 0) is 45.0 Å². The molecular formula is C17H25N3O3. The van der Waals surface area contributed by atoms with Crippen molar-refractivity contribution in [2.75, 3.05) is 38.1 Å². The third-order valence-electron chi connectivity index (χ3n) is 3.98. The molecule has 0 bridgehead atoms. The van der Waals surface area contributed by atoms with E-state index in [0.717, 1.165) is 26.2 Å². The topological polar surface area (TPSA) is 61.9 Å². The highest BCUT2D eigenvalue weighted by molar-refractivity contribution is 5.92. The smallest absolute Gasteiger partial charge is 0.338 e. The number of esters is 1.